The average Bonchev–Trinajstić information content (AvgIpc) is 2.63. The highest BCUT2D eigenvalue weighted by Crippen LogP contribution is 2.24. The number of hydrogen-bond acceptors (Lipinski definition) is 2. The molecule has 8 heteroatoms. The zero-order valence-electron chi connectivity index (χ0n) is 15.7. The fraction of sp³-hybridized carbons (Fsp3) is 0.238. The van der Waals surface area contributed by atoms with E-state index in [4.69, 9.17) is 0 Å². The number of carbonyl (C=O) groups is 1. The Balaban J connectivity index is 2.11. The van der Waals surface area contributed by atoms with Crippen molar-refractivity contribution in [1.29, 1.82) is 0 Å². The molecular weight excluding hydrogens is 388 g/mol. The van der Waals surface area contributed by atoms with Crippen LogP contribution in [0.3, 0.4) is 0 Å². The van der Waals surface area contributed by atoms with Crippen LogP contribution in [0.5, 0.6) is 0 Å². The Labute approximate surface area is 163 Å². The third kappa shape index (κ3) is 4.31. The van der Waals surface area contributed by atoms with E-state index in [1.165, 1.54) is 37.3 Å². The van der Waals surface area contributed by atoms with E-state index in [0.717, 1.165) is 6.07 Å². The van der Waals surface area contributed by atoms with Crippen molar-refractivity contribution in [2.75, 3.05) is 0 Å². The van der Waals surface area contributed by atoms with Crippen molar-refractivity contribution in [2.24, 2.45) is 0 Å². The molecule has 1 aromatic heterocycles. The summed E-state index contributed by atoms with van der Waals surface area (Å²) in [4.78, 5) is 25.5. The molecule has 152 valence electrons. The van der Waals surface area contributed by atoms with Crippen LogP contribution in [0.25, 0.3) is 10.8 Å². The Bertz CT molecular complexity index is 1150. The van der Waals surface area contributed by atoms with E-state index in [1.807, 2.05) is 0 Å². The Morgan fingerprint density at radius 3 is 2.48 bits per heavy atom. The van der Waals surface area contributed by atoms with Crippen LogP contribution in [-0.4, -0.2) is 16.4 Å². The zero-order chi connectivity index (χ0) is 21.3. The highest BCUT2D eigenvalue weighted by atomic mass is 19.3. The highest BCUT2D eigenvalue weighted by Gasteiger charge is 2.27. The fourth-order valence-corrected chi connectivity index (χ4v) is 3.24. The van der Waals surface area contributed by atoms with Crippen molar-refractivity contribution in [3.05, 3.63) is 81.3 Å². The molecule has 0 unspecified atom stereocenters. The Hall–Kier alpha value is -3.16. The molecule has 0 spiro atoms. The van der Waals surface area contributed by atoms with Crippen LogP contribution in [-0.2, 0) is 13.1 Å². The van der Waals surface area contributed by atoms with Gasteiger partial charge >= 0.3 is 0 Å². The van der Waals surface area contributed by atoms with Crippen molar-refractivity contribution in [3.63, 3.8) is 0 Å². The van der Waals surface area contributed by atoms with Gasteiger partial charge in [-0.3, -0.25) is 9.59 Å². The molecule has 3 aromatic rings. The second-order valence-electron chi connectivity index (χ2n) is 6.90. The quantitative estimate of drug-likeness (QED) is 0.647. The maximum Gasteiger partial charge on any atom is 0.263 e. The molecule has 29 heavy (non-hydrogen) atoms. The lowest BCUT2D eigenvalue weighted by molar-refractivity contribution is 0.00244. The summed E-state index contributed by atoms with van der Waals surface area (Å²) in [5.41, 5.74) is -0.537. The molecule has 0 radical (unpaired) electrons. The van der Waals surface area contributed by atoms with Crippen LogP contribution in [0.15, 0.2) is 47.3 Å². The monoisotopic (exact) mass is 406 g/mol. The number of nitrogens with one attached hydrogen (secondary N) is 1. The molecule has 0 bridgehead atoms. The first-order valence-corrected chi connectivity index (χ1v) is 8.80. The lowest BCUT2D eigenvalue weighted by Crippen LogP contribution is -2.34. The molecule has 1 heterocycles. The molecule has 0 fully saturated rings. The van der Waals surface area contributed by atoms with Gasteiger partial charge in [-0.2, -0.15) is 0 Å². The zero-order valence-corrected chi connectivity index (χ0v) is 15.7. The van der Waals surface area contributed by atoms with Crippen molar-refractivity contribution in [1.82, 2.24) is 9.88 Å². The number of alkyl halides is 2. The highest BCUT2D eigenvalue weighted by molar-refractivity contribution is 6.07. The summed E-state index contributed by atoms with van der Waals surface area (Å²) in [6.45, 7) is 0.963. The molecule has 0 saturated carbocycles. The summed E-state index contributed by atoms with van der Waals surface area (Å²) < 4.78 is 55.6. The summed E-state index contributed by atoms with van der Waals surface area (Å²) in [6.07, 6.45) is 0. The first-order chi connectivity index (χ1) is 13.6. The first-order valence-electron chi connectivity index (χ1n) is 8.80. The van der Waals surface area contributed by atoms with Gasteiger partial charge in [-0.1, -0.05) is 24.3 Å². The molecule has 1 amide bonds. The smallest absolute Gasteiger partial charge is 0.263 e. The van der Waals surface area contributed by atoms with Crippen molar-refractivity contribution in [2.45, 2.75) is 32.9 Å². The van der Waals surface area contributed by atoms with Gasteiger partial charge in [-0.15, -0.1) is 0 Å². The second kappa shape index (κ2) is 7.69. The third-order valence-corrected chi connectivity index (χ3v) is 4.51. The molecule has 0 saturated heterocycles. The minimum absolute atomic E-state index is 0.00799. The van der Waals surface area contributed by atoms with Gasteiger partial charge in [-0.25, -0.2) is 17.6 Å². The van der Waals surface area contributed by atoms with Crippen LogP contribution in [0.2, 0.25) is 0 Å². The molecule has 1 N–H and O–H groups in total. The average molecular weight is 406 g/mol. The number of nitrogens with zero attached hydrogens (tertiary/aromatic N) is 1. The molecule has 0 aliphatic heterocycles. The topological polar surface area (TPSA) is 51.1 Å². The number of hydrogen-bond donors (Lipinski definition) is 1. The molecule has 0 aliphatic carbocycles. The Morgan fingerprint density at radius 1 is 1.14 bits per heavy atom. The molecule has 3 rings (SSSR count). The first kappa shape index (κ1) is 20.6. The predicted octanol–water partition coefficient (Wildman–Crippen LogP) is 4.17. The van der Waals surface area contributed by atoms with Gasteiger partial charge in [0.25, 0.3) is 17.4 Å². The van der Waals surface area contributed by atoms with Crippen molar-refractivity contribution >= 4 is 16.7 Å². The lowest BCUT2D eigenvalue weighted by atomic mass is 10.0. The maximum absolute atomic E-state index is 14.4. The van der Waals surface area contributed by atoms with Gasteiger partial charge in [0.2, 0.25) is 0 Å². The Kier molecular flexibility index (Phi) is 5.46. The van der Waals surface area contributed by atoms with E-state index in [9.17, 15) is 27.2 Å². The van der Waals surface area contributed by atoms with Crippen LogP contribution < -0.4 is 10.9 Å². The van der Waals surface area contributed by atoms with Crippen LogP contribution >= 0.6 is 0 Å². The van der Waals surface area contributed by atoms with Crippen molar-refractivity contribution in [3.8, 4) is 0 Å². The van der Waals surface area contributed by atoms with Gasteiger partial charge in [0.1, 0.15) is 11.6 Å². The largest absolute Gasteiger partial charge is 0.348 e. The maximum atomic E-state index is 14.4. The van der Waals surface area contributed by atoms with Crippen LogP contribution in [0.4, 0.5) is 17.6 Å². The van der Waals surface area contributed by atoms with Gasteiger partial charge in [0, 0.05) is 24.5 Å². The van der Waals surface area contributed by atoms with Crippen molar-refractivity contribution < 1.29 is 22.4 Å². The van der Waals surface area contributed by atoms with E-state index in [0.29, 0.717) is 17.1 Å². The number of aromatic nitrogens is 1. The van der Waals surface area contributed by atoms with Crippen LogP contribution in [0.1, 0.15) is 28.5 Å². The van der Waals surface area contributed by atoms with E-state index < -0.39 is 41.0 Å². The summed E-state index contributed by atoms with van der Waals surface area (Å²) in [6, 6.07) is 9.33. The van der Waals surface area contributed by atoms with Gasteiger partial charge in [0.05, 0.1) is 17.5 Å². The SMILES string of the molecule is Cc1c(C(=O)NCc2cccc(F)c2)c2cccc(F)c2c(=O)n1CC(C)(F)F. The number of amides is 1. The summed E-state index contributed by atoms with van der Waals surface area (Å²) >= 11 is 0. The Morgan fingerprint density at radius 2 is 1.83 bits per heavy atom. The molecule has 0 aliphatic rings. The van der Waals surface area contributed by atoms with E-state index >= 15 is 0 Å². The summed E-state index contributed by atoms with van der Waals surface area (Å²) in [7, 11) is 0. The number of carbonyl (C=O) groups excluding carboxylic acids is 1. The standard InChI is InChI=1S/C21H18F4N2O2/c1-12-17(19(28)26-10-13-5-3-6-14(22)9-13)15-7-4-8-16(23)18(15)20(29)27(12)11-21(2,24)25/h3-9H,10-11H2,1-2H3,(H,26,28). The third-order valence-electron chi connectivity index (χ3n) is 4.51. The summed E-state index contributed by atoms with van der Waals surface area (Å²) in [5.74, 6) is -5.31. The van der Waals surface area contributed by atoms with Gasteiger partial charge in [-0.05, 0) is 30.7 Å². The summed E-state index contributed by atoms with van der Waals surface area (Å²) in [5, 5.41) is 2.17. The number of benzene rings is 2. The number of fused-ring (bicyclic) bond motifs is 1. The number of rotatable bonds is 5. The molecule has 0 atom stereocenters. The normalized spacial score (nSPS) is 11.7. The van der Waals surface area contributed by atoms with Crippen LogP contribution in [0, 0.1) is 18.6 Å². The fourth-order valence-electron chi connectivity index (χ4n) is 3.24. The van der Waals surface area contributed by atoms with Gasteiger partial charge < -0.3 is 9.88 Å². The number of halogens is 4. The minimum Gasteiger partial charge on any atom is -0.348 e. The molecular formula is C21H18F4N2O2. The van der Waals surface area contributed by atoms with E-state index in [1.54, 1.807) is 6.07 Å². The molecule has 2 aromatic carbocycles. The lowest BCUT2D eigenvalue weighted by Gasteiger charge is -2.20. The van der Waals surface area contributed by atoms with E-state index in [2.05, 4.69) is 5.32 Å². The van der Waals surface area contributed by atoms with E-state index in [-0.39, 0.29) is 23.2 Å². The molecule has 4 nitrogen and oxygen atoms in total. The van der Waals surface area contributed by atoms with Gasteiger partial charge in [0.15, 0.2) is 0 Å². The number of pyridine rings is 1. The predicted molar refractivity (Wildman–Crippen MR) is 101 cm³/mol. The minimum atomic E-state index is -3.25. The second-order valence-corrected chi connectivity index (χ2v) is 6.90.